The maximum atomic E-state index is 12.4. The first kappa shape index (κ1) is 16.1. The van der Waals surface area contributed by atoms with E-state index in [-0.39, 0.29) is 5.91 Å². The second-order valence-electron chi connectivity index (χ2n) is 5.96. The molecule has 0 spiro atoms. The molecule has 0 unspecified atom stereocenters. The predicted molar refractivity (Wildman–Crippen MR) is 97.8 cm³/mol. The maximum Gasteiger partial charge on any atom is 0.227 e. The molecule has 4 heteroatoms. The number of amides is 1. The van der Waals surface area contributed by atoms with Crippen LogP contribution in [0.15, 0.2) is 53.0 Å². The van der Waals surface area contributed by atoms with Crippen molar-refractivity contribution in [3.63, 3.8) is 0 Å². The lowest BCUT2D eigenvalue weighted by Crippen LogP contribution is -2.49. The van der Waals surface area contributed by atoms with Gasteiger partial charge in [0.1, 0.15) is 0 Å². The molecule has 2 aromatic rings. The Labute approximate surface area is 146 Å². The van der Waals surface area contributed by atoms with Crippen LogP contribution in [0.3, 0.4) is 0 Å². The SMILES string of the molecule is Cc1cc(N2CCN(C(=O)Cc3ccccc3)CC2)ccc1Br. The largest absolute Gasteiger partial charge is 0.368 e. The highest BCUT2D eigenvalue weighted by atomic mass is 79.9. The lowest BCUT2D eigenvalue weighted by molar-refractivity contribution is -0.130. The number of nitrogens with zero attached hydrogens (tertiary/aromatic N) is 2. The summed E-state index contributed by atoms with van der Waals surface area (Å²) < 4.78 is 1.14. The van der Waals surface area contributed by atoms with Gasteiger partial charge in [-0.3, -0.25) is 4.79 Å². The van der Waals surface area contributed by atoms with E-state index in [0.717, 1.165) is 36.2 Å². The summed E-state index contributed by atoms with van der Waals surface area (Å²) >= 11 is 3.54. The zero-order valence-corrected chi connectivity index (χ0v) is 14.9. The van der Waals surface area contributed by atoms with Crippen molar-refractivity contribution >= 4 is 27.5 Å². The molecule has 3 rings (SSSR count). The van der Waals surface area contributed by atoms with Crippen molar-refractivity contribution in [1.82, 2.24) is 4.90 Å². The van der Waals surface area contributed by atoms with Crippen LogP contribution in [-0.4, -0.2) is 37.0 Å². The number of hydrogen-bond donors (Lipinski definition) is 0. The highest BCUT2D eigenvalue weighted by molar-refractivity contribution is 9.10. The van der Waals surface area contributed by atoms with Crippen LogP contribution < -0.4 is 4.90 Å². The van der Waals surface area contributed by atoms with Crippen LogP contribution >= 0.6 is 15.9 Å². The molecule has 1 heterocycles. The Morgan fingerprint density at radius 3 is 2.39 bits per heavy atom. The van der Waals surface area contributed by atoms with E-state index in [1.54, 1.807) is 0 Å². The van der Waals surface area contributed by atoms with E-state index in [1.165, 1.54) is 11.3 Å². The molecule has 0 bridgehead atoms. The molecule has 23 heavy (non-hydrogen) atoms. The quantitative estimate of drug-likeness (QED) is 0.820. The van der Waals surface area contributed by atoms with E-state index >= 15 is 0 Å². The van der Waals surface area contributed by atoms with Gasteiger partial charge in [0.2, 0.25) is 5.91 Å². The molecule has 1 aliphatic heterocycles. The molecule has 1 fully saturated rings. The fourth-order valence-corrected chi connectivity index (χ4v) is 3.17. The minimum Gasteiger partial charge on any atom is -0.368 e. The Hall–Kier alpha value is -1.81. The normalized spacial score (nSPS) is 14.9. The van der Waals surface area contributed by atoms with Crippen molar-refractivity contribution in [1.29, 1.82) is 0 Å². The third-order valence-electron chi connectivity index (χ3n) is 4.34. The predicted octanol–water partition coefficient (Wildman–Crippen LogP) is 3.65. The van der Waals surface area contributed by atoms with Crippen molar-refractivity contribution in [2.75, 3.05) is 31.1 Å². The van der Waals surface area contributed by atoms with Crippen LogP contribution in [0.2, 0.25) is 0 Å². The van der Waals surface area contributed by atoms with Gasteiger partial charge in [0.05, 0.1) is 6.42 Å². The fourth-order valence-electron chi connectivity index (χ4n) is 2.92. The summed E-state index contributed by atoms with van der Waals surface area (Å²) in [4.78, 5) is 16.7. The summed E-state index contributed by atoms with van der Waals surface area (Å²) in [5.74, 6) is 0.225. The van der Waals surface area contributed by atoms with Crippen molar-refractivity contribution in [2.45, 2.75) is 13.3 Å². The van der Waals surface area contributed by atoms with Crippen molar-refractivity contribution in [3.8, 4) is 0 Å². The molecule has 1 amide bonds. The van der Waals surface area contributed by atoms with Gasteiger partial charge >= 0.3 is 0 Å². The second-order valence-corrected chi connectivity index (χ2v) is 6.82. The Bertz CT molecular complexity index is 679. The van der Waals surface area contributed by atoms with Gasteiger partial charge in [0, 0.05) is 36.3 Å². The maximum absolute atomic E-state index is 12.4. The topological polar surface area (TPSA) is 23.6 Å². The summed E-state index contributed by atoms with van der Waals surface area (Å²) in [6, 6.07) is 16.4. The fraction of sp³-hybridized carbons (Fsp3) is 0.316. The highest BCUT2D eigenvalue weighted by Gasteiger charge is 2.21. The molecule has 0 N–H and O–H groups in total. The summed E-state index contributed by atoms with van der Waals surface area (Å²) in [5, 5.41) is 0. The van der Waals surface area contributed by atoms with Crippen LogP contribution in [-0.2, 0) is 11.2 Å². The zero-order valence-electron chi connectivity index (χ0n) is 13.3. The molecule has 120 valence electrons. The average Bonchev–Trinajstić information content (AvgIpc) is 2.58. The van der Waals surface area contributed by atoms with Gasteiger partial charge in [-0.15, -0.1) is 0 Å². The third-order valence-corrected chi connectivity index (χ3v) is 5.23. The monoisotopic (exact) mass is 372 g/mol. The van der Waals surface area contributed by atoms with E-state index in [1.807, 2.05) is 35.2 Å². The molecule has 0 saturated carbocycles. The zero-order chi connectivity index (χ0) is 16.2. The van der Waals surface area contributed by atoms with Crippen molar-refractivity contribution in [3.05, 3.63) is 64.1 Å². The van der Waals surface area contributed by atoms with Crippen LogP contribution in [0, 0.1) is 6.92 Å². The summed E-state index contributed by atoms with van der Waals surface area (Å²) in [6.07, 6.45) is 0.498. The molecular weight excluding hydrogens is 352 g/mol. The van der Waals surface area contributed by atoms with E-state index < -0.39 is 0 Å². The Morgan fingerprint density at radius 1 is 1.04 bits per heavy atom. The van der Waals surface area contributed by atoms with Gasteiger partial charge in [0.25, 0.3) is 0 Å². The molecule has 2 aromatic carbocycles. The van der Waals surface area contributed by atoms with Gasteiger partial charge < -0.3 is 9.80 Å². The van der Waals surface area contributed by atoms with Gasteiger partial charge in [0.15, 0.2) is 0 Å². The number of hydrogen-bond acceptors (Lipinski definition) is 2. The van der Waals surface area contributed by atoms with E-state index in [0.29, 0.717) is 6.42 Å². The minimum atomic E-state index is 0.225. The van der Waals surface area contributed by atoms with Crippen molar-refractivity contribution in [2.24, 2.45) is 0 Å². The standard InChI is InChI=1S/C19H21BrN2O/c1-15-13-17(7-8-18(15)20)21-9-11-22(12-10-21)19(23)14-16-5-3-2-4-6-16/h2-8,13H,9-12,14H2,1H3. The smallest absolute Gasteiger partial charge is 0.227 e. The number of anilines is 1. The van der Waals surface area contributed by atoms with E-state index in [4.69, 9.17) is 0 Å². The number of aryl methyl sites for hydroxylation is 1. The highest BCUT2D eigenvalue weighted by Crippen LogP contribution is 2.24. The molecule has 0 atom stereocenters. The number of carbonyl (C=O) groups is 1. The first-order chi connectivity index (χ1) is 11.1. The van der Waals surface area contributed by atoms with Crippen LogP contribution in [0.25, 0.3) is 0 Å². The van der Waals surface area contributed by atoms with Crippen LogP contribution in [0.4, 0.5) is 5.69 Å². The Morgan fingerprint density at radius 2 is 1.74 bits per heavy atom. The summed E-state index contributed by atoms with van der Waals surface area (Å²) in [5.41, 5.74) is 3.56. The van der Waals surface area contributed by atoms with Crippen LogP contribution in [0.5, 0.6) is 0 Å². The number of piperazine rings is 1. The average molecular weight is 373 g/mol. The van der Waals surface area contributed by atoms with Crippen molar-refractivity contribution < 1.29 is 4.79 Å². The number of rotatable bonds is 3. The molecule has 1 aliphatic rings. The Balaban J connectivity index is 1.57. The van der Waals surface area contributed by atoms with E-state index in [2.05, 4.69) is 46.0 Å². The number of halogens is 1. The lowest BCUT2D eigenvalue weighted by Gasteiger charge is -2.36. The molecule has 3 nitrogen and oxygen atoms in total. The summed E-state index contributed by atoms with van der Waals surface area (Å²) in [6.45, 7) is 5.47. The van der Waals surface area contributed by atoms with Gasteiger partial charge in [-0.05, 0) is 36.2 Å². The first-order valence-corrected chi connectivity index (χ1v) is 8.75. The second kappa shape index (κ2) is 7.18. The summed E-state index contributed by atoms with van der Waals surface area (Å²) in [7, 11) is 0. The third kappa shape index (κ3) is 3.94. The molecular formula is C19H21BrN2O. The first-order valence-electron chi connectivity index (χ1n) is 7.96. The molecule has 0 aromatic heterocycles. The van der Waals surface area contributed by atoms with Gasteiger partial charge in [-0.2, -0.15) is 0 Å². The van der Waals surface area contributed by atoms with E-state index in [9.17, 15) is 4.79 Å². The Kier molecular flexibility index (Phi) is 5.01. The van der Waals surface area contributed by atoms with Gasteiger partial charge in [-0.1, -0.05) is 46.3 Å². The number of benzene rings is 2. The lowest BCUT2D eigenvalue weighted by atomic mass is 10.1. The molecule has 0 aliphatic carbocycles. The van der Waals surface area contributed by atoms with Crippen LogP contribution in [0.1, 0.15) is 11.1 Å². The molecule has 1 saturated heterocycles. The minimum absolute atomic E-state index is 0.225. The van der Waals surface area contributed by atoms with Gasteiger partial charge in [-0.25, -0.2) is 0 Å². The molecule has 0 radical (unpaired) electrons. The number of carbonyl (C=O) groups excluding carboxylic acids is 1.